The number of benzene rings is 2. The molecule has 0 aliphatic rings. The van der Waals surface area contributed by atoms with Crippen LogP contribution < -0.4 is 5.56 Å². The third kappa shape index (κ3) is 3.19. The van der Waals surface area contributed by atoms with E-state index in [1.165, 1.54) is 11.8 Å². The fourth-order valence-corrected chi connectivity index (χ4v) is 2.79. The zero-order chi connectivity index (χ0) is 18.5. The highest BCUT2D eigenvalue weighted by Crippen LogP contribution is 2.32. The van der Waals surface area contributed by atoms with E-state index in [2.05, 4.69) is 11.7 Å². The molecule has 1 aromatic heterocycles. The van der Waals surface area contributed by atoms with E-state index in [0.29, 0.717) is 11.3 Å². The van der Waals surface area contributed by atoms with Crippen molar-refractivity contribution in [3.8, 4) is 22.4 Å². The molecule has 2 aromatic carbocycles. The van der Waals surface area contributed by atoms with Gasteiger partial charge in [0.1, 0.15) is 5.56 Å². The Labute approximate surface area is 151 Å². The summed E-state index contributed by atoms with van der Waals surface area (Å²) in [5, 5.41) is 4.51. The second-order valence-electron chi connectivity index (χ2n) is 5.60. The molecule has 1 heterocycles. The number of hydrogen-bond acceptors (Lipinski definition) is 4. The van der Waals surface area contributed by atoms with Crippen molar-refractivity contribution in [3.63, 3.8) is 0 Å². The predicted octanol–water partition coefficient (Wildman–Crippen LogP) is 3.55. The lowest BCUT2D eigenvalue weighted by Crippen LogP contribution is -2.30. The van der Waals surface area contributed by atoms with Gasteiger partial charge in [-0.2, -0.15) is 5.10 Å². The molecule has 0 fully saturated rings. The summed E-state index contributed by atoms with van der Waals surface area (Å²) < 4.78 is 6.13. The fraction of sp³-hybridized carbons (Fsp3) is 0.0952. The molecule has 5 heteroatoms. The normalized spacial score (nSPS) is 10.3. The Hall–Kier alpha value is -3.47. The monoisotopic (exact) mass is 346 g/mol. The van der Waals surface area contributed by atoms with Gasteiger partial charge in [0.05, 0.1) is 19.3 Å². The van der Waals surface area contributed by atoms with E-state index in [0.717, 1.165) is 11.1 Å². The zero-order valence-corrected chi connectivity index (χ0v) is 14.4. The first-order valence-electron chi connectivity index (χ1n) is 8.12. The lowest BCUT2D eigenvalue weighted by Gasteiger charge is -2.15. The van der Waals surface area contributed by atoms with Crippen molar-refractivity contribution in [1.82, 2.24) is 9.78 Å². The molecule has 0 bridgehead atoms. The summed E-state index contributed by atoms with van der Waals surface area (Å²) in [6.07, 6.45) is 1.56. The standard InChI is InChI=1S/C21H18N2O3/c1-3-14-23-20(24)18(21(25)26-2)17(15-10-6-4-7-11-15)19(22-23)16-12-8-5-9-13-16/h3-13H,1,14H2,2H3. The average Bonchev–Trinajstić information content (AvgIpc) is 2.70. The molecule has 0 unspecified atom stereocenters. The molecule has 0 aliphatic carbocycles. The highest BCUT2D eigenvalue weighted by Gasteiger charge is 2.25. The Morgan fingerprint density at radius 2 is 1.65 bits per heavy atom. The molecular formula is C21H18N2O3. The Balaban J connectivity index is 2.45. The van der Waals surface area contributed by atoms with Crippen molar-refractivity contribution in [2.24, 2.45) is 0 Å². The number of hydrogen-bond donors (Lipinski definition) is 0. The quantitative estimate of drug-likeness (QED) is 0.524. The van der Waals surface area contributed by atoms with Gasteiger partial charge < -0.3 is 4.74 Å². The van der Waals surface area contributed by atoms with Crippen LogP contribution in [0.5, 0.6) is 0 Å². The van der Waals surface area contributed by atoms with Crippen LogP contribution in [0.25, 0.3) is 22.4 Å². The second kappa shape index (κ2) is 7.61. The van der Waals surface area contributed by atoms with Crippen LogP contribution >= 0.6 is 0 Å². The minimum Gasteiger partial charge on any atom is -0.465 e. The van der Waals surface area contributed by atoms with Crippen molar-refractivity contribution < 1.29 is 9.53 Å². The van der Waals surface area contributed by atoms with Gasteiger partial charge in [-0.3, -0.25) is 4.79 Å². The maximum Gasteiger partial charge on any atom is 0.344 e. The Kier molecular flexibility index (Phi) is 5.08. The van der Waals surface area contributed by atoms with Gasteiger partial charge in [-0.25, -0.2) is 9.48 Å². The maximum atomic E-state index is 12.9. The fourth-order valence-electron chi connectivity index (χ4n) is 2.79. The van der Waals surface area contributed by atoms with Gasteiger partial charge in [0.2, 0.25) is 0 Å². The lowest BCUT2D eigenvalue weighted by molar-refractivity contribution is 0.0598. The summed E-state index contributed by atoms with van der Waals surface area (Å²) in [4.78, 5) is 25.4. The van der Waals surface area contributed by atoms with Gasteiger partial charge in [0, 0.05) is 11.1 Å². The van der Waals surface area contributed by atoms with Crippen LogP contribution in [-0.2, 0) is 11.3 Å². The van der Waals surface area contributed by atoms with E-state index < -0.39 is 11.5 Å². The number of aromatic nitrogens is 2. The molecule has 0 saturated heterocycles. The van der Waals surface area contributed by atoms with E-state index in [9.17, 15) is 9.59 Å². The SMILES string of the molecule is C=CCn1nc(-c2ccccc2)c(-c2ccccc2)c(C(=O)OC)c1=O. The third-order valence-corrected chi connectivity index (χ3v) is 3.96. The van der Waals surface area contributed by atoms with Crippen LogP contribution in [0, 0.1) is 0 Å². The number of nitrogens with zero attached hydrogens (tertiary/aromatic N) is 2. The van der Waals surface area contributed by atoms with E-state index in [1.54, 1.807) is 6.08 Å². The number of rotatable bonds is 5. The Bertz CT molecular complexity index is 993. The topological polar surface area (TPSA) is 61.2 Å². The molecule has 0 N–H and O–H groups in total. The maximum absolute atomic E-state index is 12.9. The number of esters is 1. The van der Waals surface area contributed by atoms with Crippen LogP contribution in [0.3, 0.4) is 0 Å². The van der Waals surface area contributed by atoms with Crippen molar-refractivity contribution in [2.45, 2.75) is 6.54 Å². The van der Waals surface area contributed by atoms with Gasteiger partial charge in [-0.05, 0) is 5.56 Å². The summed E-state index contributed by atoms with van der Waals surface area (Å²) in [6, 6.07) is 18.7. The van der Waals surface area contributed by atoms with Crippen LogP contribution in [0.1, 0.15) is 10.4 Å². The first-order valence-corrected chi connectivity index (χ1v) is 8.12. The number of carbonyl (C=O) groups excluding carboxylic acids is 1. The molecule has 0 amide bonds. The van der Waals surface area contributed by atoms with Crippen molar-refractivity contribution in [1.29, 1.82) is 0 Å². The number of allylic oxidation sites excluding steroid dienone is 1. The van der Waals surface area contributed by atoms with E-state index in [-0.39, 0.29) is 12.1 Å². The summed E-state index contributed by atoms with van der Waals surface area (Å²) in [7, 11) is 1.26. The van der Waals surface area contributed by atoms with Crippen LogP contribution in [-0.4, -0.2) is 22.9 Å². The minimum absolute atomic E-state index is 0.0330. The predicted molar refractivity (Wildman–Crippen MR) is 101 cm³/mol. The molecule has 26 heavy (non-hydrogen) atoms. The van der Waals surface area contributed by atoms with E-state index >= 15 is 0 Å². The molecule has 130 valence electrons. The summed E-state index contributed by atoms with van der Waals surface area (Å²) in [5.41, 5.74) is 1.99. The molecule has 5 nitrogen and oxygen atoms in total. The molecule has 0 spiro atoms. The van der Waals surface area contributed by atoms with Gasteiger partial charge in [0.25, 0.3) is 5.56 Å². The van der Waals surface area contributed by atoms with E-state index in [1.807, 2.05) is 60.7 Å². The van der Waals surface area contributed by atoms with Gasteiger partial charge in [-0.1, -0.05) is 66.7 Å². The Morgan fingerprint density at radius 3 is 2.19 bits per heavy atom. The lowest BCUT2D eigenvalue weighted by atomic mass is 9.95. The van der Waals surface area contributed by atoms with Crippen LogP contribution in [0.15, 0.2) is 78.1 Å². The number of carbonyl (C=O) groups is 1. The number of methoxy groups -OCH3 is 1. The average molecular weight is 346 g/mol. The molecule has 3 rings (SSSR count). The van der Waals surface area contributed by atoms with Gasteiger partial charge in [-0.15, -0.1) is 6.58 Å². The third-order valence-electron chi connectivity index (χ3n) is 3.96. The summed E-state index contributed by atoms with van der Waals surface area (Å²) in [5.74, 6) is -0.689. The molecule has 0 radical (unpaired) electrons. The summed E-state index contributed by atoms with van der Waals surface area (Å²) >= 11 is 0. The number of ether oxygens (including phenoxy) is 1. The Morgan fingerprint density at radius 1 is 1.08 bits per heavy atom. The largest absolute Gasteiger partial charge is 0.465 e. The molecule has 3 aromatic rings. The van der Waals surface area contributed by atoms with Gasteiger partial charge in [0.15, 0.2) is 0 Å². The first kappa shape index (κ1) is 17.4. The van der Waals surface area contributed by atoms with E-state index in [4.69, 9.17) is 4.74 Å². The van der Waals surface area contributed by atoms with Crippen LogP contribution in [0.4, 0.5) is 0 Å². The molecular weight excluding hydrogens is 328 g/mol. The summed E-state index contributed by atoms with van der Waals surface area (Å²) in [6.45, 7) is 3.85. The van der Waals surface area contributed by atoms with Crippen molar-refractivity contribution >= 4 is 5.97 Å². The van der Waals surface area contributed by atoms with Gasteiger partial charge >= 0.3 is 5.97 Å². The van der Waals surface area contributed by atoms with Crippen molar-refractivity contribution in [3.05, 3.63) is 89.2 Å². The highest BCUT2D eigenvalue weighted by atomic mass is 16.5. The molecule has 0 saturated carbocycles. The second-order valence-corrected chi connectivity index (χ2v) is 5.60. The molecule has 0 aliphatic heterocycles. The zero-order valence-electron chi connectivity index (χ0n) is 14.4. The first-order chi connectivity index (χ1) is 12.7. The van der Waals surface area contributed by atoms with Crippen LogP contribution in [0.2, 0.25) is 0 Å². The molecule has 0 atom stereocenters. The highest BCUT2D eigenvalue weighted by molar-refractivity contribution is 6.00. The minimum atomic E-state index is -0.689. The van der Waals surface area contributed by atoms with Crippen molar-refractivity contribution in [2.75, 3.05) is 7.11 Å². The smallest absolute Gasteiger partial charge is 0.344 e.